The summed E-state index contributed by atoms with van der Waals surface area (Å²) < 4.78 is 23.9. The first-order valence-corrected chi connectivity index (χ1v) is 5.96. The fourth-order valence-electron chi connectivity index (χ4n) is 1.32. The third kappa shape index (κ3) is 1.93. The highest BCUT2D eigenvalue weighted by Gasteiger charge is 2.42. The molecule has 0 amide bonds. The molecule has 1 aliphatic heterocycles. The fourth-order valence-corrected chi connectivity index (χ4v) is 2.79. The summed E-state index contributed by atoms with van der Waals surface area (Å²) in [5, 5.41) is 18.5. The van der Waals surface area contributed by atoms with Crippen LogP contribution in [0.3, 0.4) is 0 Å². The predicted molar refractivity (Wildman–Crippen MR) is 52.3 cm³/mol. The molecule has 0 spiro atoms. The van der Waals surface area contributed by atoms with E-state index in [0.29, 0.717) is 0 Å². The Labute approximate surface area is 84.4 Å². The molecule has 0 saturated carbocycles. The van der Waals surface area contributed by atoms with Crippen LogP contribution in [-0.4, -0.2) is 53.0 Å². The van der Waals surface area contributed by atoms with E-state index < -0.39 is 27.0 Å². The summed E-state index contributed by atoms with van der Waals surface area (Å²) in [4.78, 5) is 0. The molecule has 5 nitrogen and oxygen atoms in total. The van der Waals surface area contributed by atoms with Crippen molar-refractivity contribution in [2.75, 3.05) is 13.1 Å². The Morgan fingerprint density at radius 3 is 1.79 bits per heavy atom. The van der Waals surface area contributed by atoms with Gasteiger partial charge >= 0.3 is 0 Å². The molecule has 14 heavy (non-hydrogen) atoms. The maximum absolute atomic E-state index is 11.8. The zero-order valence-electron chi connectivity index (χ0n) is 8.64. The molecule has 1 aliphatic rings. The van der Waals surface area contributed by atoms with Crippen LogP contribution < -0.4 is 0 Å². The smallest absolute Gasteiger partial charge is 0.219 e. The monoisotopic (exact) mass is 223 g/mol. The highest BCUT2D eigenvalue weighted by atomic mass is 32.2. The lowest BCUT2D eigenvalue weighted by Gasteiger charge is -2.26. The summed E-state index contributed by atoms with van der Waals surface area (Å²) in [6.07, 6.45) is -1.93. The van der Waals surface area contributed by atoms with Crippen molar-refractivity contribution in [3.05, 3.63) is 0 Å². The largest absolute Gasteiger partial charge is 0.389 e. The fraction of sp³-hybridized carbons (Fsp3) is 1.00. The number of aliphatic hydroxyl groups excluding tert-OH is 2. The van der Waals surface area contributed by atoms with E-state index in [0.717, 1.165) is 4.31 Å². The van der Waals surface area contributed by atoms with Crippen molar-refractivity contribution in [2.24, 2.45) is 0 Å². The first-order chi connectivity index (χ1) is 6.16. The molecule has 0 aliphatic carbocycles. The molecule has 1 heterocycles. The second kappa shape index (κ2) is 3.44. The van der Waals surface area contributed by atoms with Gasteiger partial charge in [0.15, 0.2) is 0 Å². The maximum atomic E-state index is 11.8. The van der Waals surface area contributed by atoms with Crippen molar-refractivity contribution >= 4 is 10.0 Å². The van der Waals surface area contributed by atoms with Crippen molar-refractivity contribution < 1.29 is 18.6 Å². The van der Waals surface area contributed by atoms with Gasteiger partial charge in [-0.25, -0.2) is 8.42 Å². The van der Waals surface area contributed by atoms with Gasteiger partial charge in [0, 0.05) is 13.1 Å². The number of rotatable bonds is 1. The van der Waals surface area contributed by atoms with Gasteiger partial charge in [-0.3, -0.25) is 0 Å². The van der Waals surface area contributed by atoms with Gasteiger partial charge < -0.3 is 10.2 Å². The van der Waals surface area contributed by atoms with E-state index in [1.807, 2.05) is 0 Å². The van der Waals surface area contributed by atoms with Crippen LogP contribution in [0.5, 0.6) is 0 Å². The van der Waals surface area contributed by atoms with Gasteiger partial charge in [-0.2, -0.15) is 4.31 Å². The van der Waals surface area contributed by atoms with E-state index >= 15 is 0 Å². The summed E-state index contributed by atoms with van der Waals surface area (Å²) in [5.41, 5.74) is 0. The Balaban J connectivity index is 2.88. The van der Waals surface area contributed by atoms with E-state index in [4.69, 9.17) is 0 Å². The Morgan fingerprint density at radius 1 is 1.14 bits per heavy atom. The van der Waals surface area contributed by atoms with E-state index in [2.05, 4.69) is 0 Å². The minimum atomic E-state index is -3.43. The molecule has 2 N–H and O–H groups in total. The molecular formula is C8H17NO4S. The molecule has 6 heteroatoms. The van der Waals surface area contributed by atoms with Crippen molar-refractivity contribution in [3.8, 4) is 0 Å². The molecule has 0 radical (unpaired) electrons. The summed E-state index contributed by atoms with van der Waals surface area (Å²) >= 11 is 0. The second-order valence-electron chi connectivity index (χ2n) is 4.57. The van der Waals surface area contributed by atoms with E-state index in [9.17, 15) is 18.6 Å². The van der Waals surface area contributed by atoms with Gasteiger partial charge in [-0.1, -0.05) is 0 Å². The average molecular weight is 223 g/mol. The van der Waals surface area contributed by atoms with Crippen LogP contribution in [0.1, 0.15) is 20.8 Å². The standard InChI is InChI=1S/C8H17NO4S/c1-8(2,3)14(12,13)9-4-6(10)7(11)5-9/h6-7,10-11H,4-5H2,1-3H3/t6-,7+. The van der Waals surface area contributed by atoms with Gasteiger partial charge in [0.05, 0.1) is 17.0 Å². The minimum Gasteiger partial charge on any atom is -0.389 e. The molecule has 1 saturated heterocycles. The number of sulfonamides is 1. The van der Waals surface area contributed by atoms with Crippen LogP contribution in [0, 0.1) is 0 Å². The van der Waals surface area contributed by atoms with Crippen molar-refractivity contribution in [1.82, 2.24) is 4.31 Å². The van der Waals surface area contributed by atoms with Crippen LogP contribution in [0.4, 0.5) is 0 Å². The van der Waals surface area contributed by atoms with E-state index in [1.165, 1.54) is 0 Å². The molecule has 0 unspecified atom stereocenters. The van der Waals surface area contributed by atoms with E-state index in [1.54, 1.807) is 20.8 Å². The maximum Gasteiger partial charge on any atom is 0.219 e. The van der Waals surface area contributed by atoms with E-state index in [-0.39, 0.29) is 13.1 Å². The van der Waals surface area contributed by atoms with Crippen molar-refractivity contribution in [3.63, 3.8) is 0 Å². The average Bonchev–Trinajstić information content (AvgIpc) is 2.30. The third-order valence-corrected chi connectivity index (χ3v) is 4.87. The lowest BCUT2D eigenvalue weighted by Crippen LogP contribution is -2.42. The quantitative estimate of drug-likeness (QED) is 0.607. The molecular weight excluding hydrogens is 206 g/mol. The van der Waals surface area contributed by atoms with Crippen molar-refractivity contribution in [1.29, 1.82) is 0 Å². The SMILES string of the molecule is CC(C)(C)S(=O)(=O)N1C[C@@H](O)[C@@H](O)C1. The van der Waals surface area contributed by atoms with Gasteiger partial charge in [-0.05, 0) is 20.8 Å². The van der Waals surface area contributed by atoms with Crippen LogP contribution in [0.15, 0.2) is 0 Å². The molecule has 2 atom stereocenters. The summed E-state index contributed by atoms with van der Waals surface area (Å²) in [6, 6.07) is 0. The van der Waals surface area contributed by atoms with Crippen LogP contribution >= 0.6 is 0 Å². The second-order valence-corrected chi connectivity index (χ2v) is 7.26. The Bertz CT molecular complexity index is 296. The zero-order valence-corrected chi connectivity index (χ0v) is 9.45. The number of nitrogens with zero attached hydrogens (tertiary/aromatic N) is 1. The molecule has 0 bridgehead atoms. The minimum absolute atomic E-state index is 0.0131. The molecule has 0 aromatic carbocycles. The molecule has 1 rings (SSSR count). The summed E-state index contributed by atoms with van der Waals surface area (Å²) in [6.45, 7) is 4.76. The number of hydrogen-bond acceptors (Lipinski definition) is 4. The number of hydrogen-bond donors (Lipinski definition) is 2. The van der Waals surface area contributed by atoms with Crippen molar-refractivity contribution in [2.45, 2.75) is 37.7 Å². The molecule has 0 aromatic rings. The lowest BCUT2D eigenvalue weighted by atomic mass is 10.3. The van der Waals surface area contributed by atoms with Gasteiger partial charge in [-0.15, -0.1) is 0 Å². The summed E-state index contributed by atoms with van der Waals surface area (Å²) in [7, 11) is -3.43. The van der Waals surface area contributed by atoms with Gasteiger partial charge in [0.25, 0.3) is 0 Å². The Hall–Kier alpha value is -0.170. The first kappa shape index (κ1) is 11.9. The zero-order chi connectivity index (χ0) is 11.1. The lowest BCUT2D eigenvalue weighted by molar-refractivity contribution is 0.0572. The van der Waals surface area contributed by atoms with Crippen LogP contribution in [-0.2, 0) is 10.0 Å². The highest BCUT2D eigenvalue weighted by molar-refractivity contribution is 7.90. The topological polar surface area (TPSA) is 77.8 Å². The van der Waals surface area contributed by atoms with Crippen LogP contribution in [0.25, 0.3) is 0 Å². The third-order valence-electron chi connectivity index (χ3n) is 2.34. The van der Waals surface area contributed by atoms with Gasteiger partial charge in [0.1, 0.15) is 0 Å². The highest BCUT2D eigenvalue weighted by Crippen LogP contribution is 2.24. The number of aliphatic hydroxyl groups is 2. The molecule has 0 aromatic heterocycles. The van der Waals surface area contributed by atoms with Gasteiger partial charge in [0.2, 0.25) is 10.0 Å². The summed E-state index contributed by atoms with van der Waals surface area (Å²) in [5.74, 6) is 0. The Morgan fingerprint density at radius 2 is 1.50 bits per heavy atom. The normalized spacial score (nSPS) is 30.9. The first-order valence-electron chi connectivity index (χ1n) is 4.52. The number of β-amino-alcohol motifs (C(OH)–C–C–N with tert-alkyl or cyclic N) is 2. The predicted octanol–water partition coefficient (Wildman–Crippen LogP) is -0.848. The molecule has 1 fully saturated rings. The Kier molecular flexibility index (Phi) is 2.93. The molecule has 84 valence electrons. The van der Waals surface area contributed by atoms with Crippen LogP contribution in [0.2, 0.25) is 0 Å².